The van der Waals surface area contributed by atoms with Crippen molar-refractivity contribution in [1.29, 1.82) is 0 Å². The van der Waals surface area contributed by atoms with Gasteiger partial charge >= 0.3 is 0 Å². The minimum absolute atomic E-state index is 0.225. The van der Waals surface area contributed by atoms with Crippen LogP contribution in [0, 0.1) is 5.82 Å². The Kier molecular flexibility index (Phi) is 4.74. The number of carbonyl (C=O) groups is 1. The van der Waals surface area contributed by atoms with E-state index in [1.54, 1.807) is 42.5 Å². The van der Waals surface area contributed by atoms with E-state index in [1.165, 1.54) is 18.2 Å². The van der Waals surface area contributed by atoms with Gasteiger partial charge in [-0.25, -0.2) is 4.39 Å². The monoisotopic (exact) mass is 359 g/mol. The number of aromatic amines is 1. The van der Waals surface area contributed by atoms with Crippen LogP contribution in [0.1, 0.15) is 15.9 Å². The molecular formula is C18H11ClFNO2S. The third-order valence-electron chi connectivity index (χ3n) is 3.24. The van der Waals surface area contributed by atoms with E-state index >= 15 is 0 Å². The molecule has 3 aromatic rings. The molecule has 2 aromatic carbocycles. The molecular weight excluding hydrogens is 349 g/mol. The van der Waals surface area contributed by atoms with Gasteiger partial charge in [0.2, 0.25) is 0 Å². The number of benzene rings is 2. The first-order chi connectivity index (χ1) is 11.5. The maximum atomic E-state index is 12.9. The van der Waals surface area contributed by atoms with Crippen LogP contribution in [0.5, 0.6) is 0 Å². The zero-order valence-corrected chi connectivity index (χ0v) is 13.8. The summed E-state index contributed by atoms with van der Waals surface area (Å²) in [5, 5.41) is 0.548. The highest BCUT2D eigenvalue weighted by Gasteiger charge is 2.03. The normalized spacial score (nSPS) is 12.6. The van der Waals surface area contributed by atoms with E-state index in [0.717, 1.165) is 11.3 Å². The molecule has 1 heterocycles. The summed E-state index contributed by atoms with van der Waals surface area (Å²) in [5.74, 6) is -0.563. The number of aromatic nitrogens is 1. The number of hydrogen-bond acceptors (Lipinski definition) is 3. The Morgan fingerprint density at radius 2 is 1.75 bits per heavy atom. The van der Waals surface area contributed by atoms with Gasteiger partial charge in [0.05, 0.1) is 9.20 Å². The van der Waals surface area contributed by atoms with E-state index in [-0.39, 0.29) is 17.2 Å². The fraction of sp³-hybridized carbons (Fsp3) is 0. The van der Waals surface area contributed by atoms with Crippen LogP contribution >= 0.6 is 22.9 Å². The van der Waals surface area contributed by atoms with Crippen molar-refractivity contribution in [1.82, 2.24) is 4.98 Å². The van der Waals surface area contributed by atoms with Gasteiger partial charge in [-0.1, -0.05) is 23.7 Å². The van der Waals surface area contributed by atoms with Crippen molar-refractivity contribution in [2.75, 3.05) is 0 Å². The summed E-state index contributed by atoms with van der Waals surface area (Å²) in [6.45, 7) is 0. The average molecular weight is 360 g/mol. The molecule has 24 heavy (non-hydrogen) atoms. The highest BCUT2D eigenvalue weighted by molar-refractivity contribution is 7.07. The minimum atomic E-state index is -0.338. The first kappa shape index (κ1) is 16.4. The molecule has 0 unspecified atom stereocenters. The molecule has 1 aromatic heterocycles. The van der Waals surface area contributed by atoms with Gasteiger partial charge in [-0.2, -0.15) is 0 Å². The Morgan fingerprint density at radius 3 is 2.42 bits per heavy atom. The molecule has 3 rings (SSSR count). The highest BCUT2D eigenvalue weighted by atomic mass is 35.5. The number of thiazole rings is 1. The van der Waals surface area contributed by atoms with Crippen LogP contribution in [-0.2, 0) is 0 Å². The van der Waals surface area contributed by atoms with Crippen molar-refractivity contribution in [3.05, 3.63) is 90.0 Å². The molecule has 0 atom stereocenters. The Labute approximate surface area is 145 Å². The number of nitrogens with one attached hydrogen (secondary N) is 1. The molecule has 0 saturated heterocycles. The quantitative estimate of drug-likeness (QED) is 0.731. The molecule has 0 aliphatic heterocycles. The van der Waals surface area contributed by atoms with Gasteiger partial charge in [0.25, 0.3) is 5.56 Å². The summed E-state index contributed by atoms with van der Waals surface area (Å²) in [7, 11) is 0. The van der Waals surface area contributed by atoms with Crippen molar-refractivity contribution in [2.24, 2.45) is 0 Å². The third kappa shape index (κ3) is 3.88. The van der Waals surface area contributed by atoms with E-state index < -0.39 is 0 Å². The standard InChI is InChI=1S/C18H11ClFNO2S/c19-13-5-3-12(4-6-13)15(22)10-17-21-18(23)16(24-17)9-11-1-7-14(20)8-2-11/h1-10H,(H,21,23)/b16-9-,17-10-. The summed E-state index contributed by atoms with van der Waals surface area (Å²) in [4.78, 5) is 26.8. The average Bonchev–Trinajstić information content (AvgIpc) is 2.89. The van der Waals surface area contributed by atoms with Gasteiger partial charge in [-0.05, 0) is 48.0 Å². The van der Waals surface area contributed by atoms with Crippen LogP contribution in [0.2, 0.25) is 5.02 Å². The van der Waals surface area contributed by atoms with Gasteiger partial charge in [0, 0.05) is 16.7 Å². The Hall–Kier alpha value is -2.50. The van der Waals surface area contributed by atoms with E-state index in [4.69, 9.17) is 11.6 Å². The fourth-order valence-corrected chi connectivity index (χ4v) is 3.06. The fourth-order valence-electron chi connectivity index (χ4n) is 2.05. The summed E-state index contributed by atoms with van der Waals surface area (Å²) in [6.07, 6.45) is 3.02. The van der Waals surface area contributed by atoms with Crippen LogP contribution in [0.15, 0.2) is 53.3 Å². The molecule has 0 aliphatic rings. The zero-order chi connectivity index (χ0) is 17.1. The second kappa shape index (κ2) is 6.95. The molecule has 0 radical (unpaired) electrons. The van der Waals surface area contributed by atoms with Crippen LogP contribution < -0.4 is 14.8 Å². The van der Waals surface area contributed by atoms with Crippen LogP contribution in [-0.4, -0.2) is 10.8 Å². The number of halogens is 2. The lowest BCUT2D eigenvalue weighted by atomic mass is 10.1. The van der Waals surface area contributed by atoms with Gasteiger partial charge in [0.1, 0.15) is 5.82 Å². The predicted molar refractivity (Wildman–Crippen MR) is 94.4 cm³/mol. The number of Topliss-reactive ketones (excluding diaryl/α,β-unsaturated/α-hetero) is 1. The van der Waals surface area contributed by atoms with Crippen molar-refractivity contribution in [2.45, 2.75) is 0 Å². The van der Waals surface area contributed by atoms with Gasteiger partial charge in [-0.3, -0.25) is 9.59 Å². The largest absolute Gasteiger partial charge is 0.313 e. The number of hydrogen-bond donors (Lipinski definition) is 1. The van der Waals surface area contributed by atoms with E-state index in [0.29, 0.717) is 25.3 Å². The number of carbonyl (C=O) groups excluding carboxylic acids is 1. The Balaban J connectivity index is 1.96. The molecule has 3 nitrogen and oxygen atoms in total. The summed E-state index contributed by atoms with van der Waals surface area (Å²) >= 11 is 6.96. The van der Waals surface area contributed by atoms with E-state index in [1.807, 2.05) is 0 Å². The lowest BCUT2D eigenvalue weighted by Crippen LogP contribution is -2.20. The summed E-state index contributed by atoms with van der Waals surface area (Å²) in [6, 6.07) is 12.3. The third-order valence-corrected chi connectivity index (χ3v) is 4.45. The second-order valence-corrected chi connectivity index (χ2v) is 6.52. The maximum absolute atomic E-state index is 12.9. The van der Waals surface area contributed by atoms with Gasteiger partial charge < -0.3 is 4.98 Å². The molecule has 120 valence electrons. The molecule has 0 fully saturated rings. The molecule has 1 N–H and O–H groups in total. The highest BCUT2D eigenvalue weighted by Crippen LogP contribution is 2.10. The van der Waals surface area contributed by atoms with Crippen molar-refractivity contribution in [3.63, 3.8) is 0 Å². The number of ketones is 1. The summed E-state index contributed by atoms with van der Waals surface area (Å²) in [5.41, 5.74) is 0.900. The summed E-state index contributed by atoms with van der Waals surface area (Å²) < 4.78 is 13.8. The molecule has 0 amide bonds. The number of H-pyrrole nitrogens is 1. The van der Waals surface area contributed by atoms with E-state index in [2.05, 4.69) is 4.98 Å². The Bertz CT molecular complexity index is 1050. The number of rotatable bonds is 3. The topological polar surface area (TPSA) is 49.9 Å². The molecule has 0 saturated carbocycles. The lowest BCUT2D eigenvalue weighted by Gasteiger charge is -1.94. The maximum Gasteiger partial charge on any atom is 0.266 e. The van der Waals surface area contributed by atoms with E-state index in [9.17, 15) is 14.0 Å². The lowest BCUT2D eigenvalue weighted by molar-refractivity contribution is 0.106. The smallest absolute Gasteiger partial charge is 0.266 e. The van der Waals surface area contributed by atoms with Gasteiger partial charge in [-0.15, -0.1) is 11.3 Å². The van der Waals surface area contributed by atoms with Crippen molar-refractivity contribution in [3.8, 4) is 0 Å². The van der Waals surface area contributed by atoms with Crippen LogP contribution in [0.25, 0.3) is 12.2 Å². The first-order valence-corrected chi connectivity index (χ1v) is 8.19. The van der Waals surface area contributed by atoms with Crippen LogP contribution in [0.3, 0.4) is 0 Å². The minimum Gasteiger partial charge on any atom is -0.313 e. The SMILES string of the molecule is O=C(/C=c1/[nH]c(=O)/c(=C/c2ccc(F)cc2)s1)c1ccc(Cl)cc1. The molecule has 6 heteroatoms. The Morgan fingerprint density at radius 1 is 1.08 bits per heavy atom. The second-order valence-electron chi connectivity index (χ2n) is 5.00. The molecule has 0 aliphatic carbocycles. The molecule has 0 spiro atoms. The first-order valence-electron chi connectivity index (χ1n) is 6.99. The molecule has 0 bridgehead atoms. The van der Waals surface area contributed by atoms with Crippen LogP contribution in [0.4, 0.5) is 4.39 Å². The van der Waals surface area contributed by atoms with Crippen molar-refractivity contribution < 1.29 is 9.18 Å². The zero-order valence-electron chi connectivity index (χ0n) is 12.3. The van der Waals surface area contributed by atoms with Gasteiger partial charge in [0.15, 0.2) is 5.78 Å². The predicted octanol–water partition coefficient (Wildman–Crippen LogP) is 2.72. The van der Waals surface area contributed by atoms with Crippen molar-refractivity contribution >= 4 is 40.9 Å².